The van der Waals surface area contributed by atoms with E-state index in [9.17, 15) is 4.39 Å². The molecule has 1 rings (SSSR count). The zero-order valence-corrected chi connectivity index (χ0v) is 7.18. The maximum Gasteiger partial charge on any atom is 0.518 e. The fourth-order valence-corrected chi connectivity index (χ4v) is 0.946. The maximum absolute atomic E-state index is 12.7. The van der Waals surface area contributed by atoms with Crippen LogP contribution >= 0.6 is 0 Å². The molecule has 0 fully saturated rings. The van der Waals surface area contributed by atoms with E-state index in [2.05, 4.69) is 5.10 Å². The summed E-state index contributed by atoms with van der Waals surface area (Å²) >= 11 is 0. The lowest BCUT2D eigenvalue weighted by atomic mass is 9.89. The highest BCUT2D eigenvalue weighted by atomic mass is 19.1. The summed E-state index contributed by atoms with van der Waals surface area (Å²) in [6.45, 7) is 2.46. The van der Waals surface area contributed by atoms with Crippen LogP contribution in [0.25, 0.3) is 6.08 Å². The number of aromatic nitrogens is 2. The summed E-state index contributed by atoms with van der Waals surface area (Å²) in [5, 5.41) is 20.8. The second-order valence-electron chi connectivity index (χ2n) is 2.47. The molecule has 4 nitrogen and oxygen atoms in total. The lowest BCUT2D eigenvalue weighted by molar-refractivity contribution is 0.400. The molecule has 0 aliphatic carbocycles. The smallest absolute Gasteiger partial charge is 0.422 e. The minimum Gasteiger partial charge on any atom is -0.422 e. The van der Waals surface area contributed by atoms with Crippen LogP contribution in [0, 0.1) is 0 Å². The molecular weight excluding hydrogens is 174 g/mol. The average Bonchev–Trinajstić information content (AvgIpc) is 2.51. The molecule has 1 heterocycles. The van der Waals surface area contributed by atoms with Crippen LogP contribution in [0.3, 0.4) is 0 Å². The van der Waals surface area contributed by atoms with E-state index < -0.39 is 12.8 Å². The Bertz CT molecular complexity index is 311. The molecule has 2 N–H and O–H groups in total. The Balaban J connectivity index is 2.89. The Hall–Kier alpha value is -1.14. The van der Waals surface area contributed by atoms with Gasteiger partial charge in [-0.2, -0.15) is 5.10 Å². The summed E-state index contributed by atoms with van der Waals surface area (Å²) in [7, 11) is -2.06. The lowest BCUT2D eigenvalue weighted by Crippen LogP contribution is -2.12. The Kier molecular flexibility index (Phi) is 3.22. The maximum atomic E-state index is 12.7. The largest absolute Gasteiger partial charge is 0.518 e. The van der Waals surface area contributed by atoms with Crippen molar-refractivity contribution in [3.05, 3.63) is 23.7 Å². The highest BCUT2D eigenvalue weighted by molar-refractivity contribution is 6.50. The van der Waals surface area contributed by atoms with E-state index in [-0.39, 0.29) is 0 Å². The molecule has 0 bridgehead atoms. The van der Waals surface area contributed by atoms with Crippen molar-refractivity contribution in [3.8, 4) is 0 Å². The molecular formula is C7H10BFN2O2. The van der Waals surface area contributed by atoms with Crippen molar-refractivity contribution >= 4 is 13.2 Å². The zero-order chi connectivity index (χ0) is 9.84. The van der Waals surface area contributed by atoms with Gasteiger partial charge in [-0.05, 0) is 19.1 Å². The molecule has 0 aliphatic rings. The number of halogens is 1. The van der Waals surface area contributed by atoms with Gasteiger partial charge in [0.2, 0.25) is 0 Å². The van der Waals surface area contributed by atoms with Crippen LogP contribution in [0.1, 0.15) is 12.6 Å². The minimum atomic E-state index is -2.06. The van der Waals surface area contributed by atoms with E-state index in [0.29, 0.717) is 12.2 Å². The van der Waals surface area contributed by atoms with Crippen LogP contribution in [0.4, 0.5) is 4.39 Å². The molecule has 0 atom stereocenters. The van der Waals surface area contributed by atoms with Crippen LogP contribution in [0.2, 0.25) is 0 Å². The number of rotatable bonds is 3. The number of nitrogens with zero attached hydrogens (tertiary/aromatic N) is 2. The molecule has 0 saturated heterocycles. The third-order valence-electron chi connectivity index (χ3n) is 1.58. The molecule has 0 spiro atoms. The fourth-order valence-electron chi connectivity index (χ4n) is 0.946. The SMILES string of the molecule is CCn1nccc1/C=C(\F)B(O)O. The van der Waals surface area contributed by atoms with Crippen molar-refractivity contribution in [3.63, 3.8) is 0 Å². The molecule has 0 unspecified atom stereocenters. The van der Waals surface area contributed by atoms with Gasteiger partial charge in [-0.25, -0.2) is 4.39 Å². The second-order valence-corrected chi connectivity index (χ2v) is 2.47. The quantitative estimate of drug-likeness (QED) is 0.660. The predicted octanol–water partition coefficient (Wildman–Crippen LogP) is 0.225. The lowest BCUT2D eigenvalue weighted by Gasteiger charge is -1.99. The van der Waals surface area contributed by atoms with Gasteiger partial charge in [0.1, 0.15) is 5.73 Å². The molecule has 0 saturated carbocycles. The van der Waals surface area contributed by atoms with Crippen molar-refractivity contribution in [2.45, 2.75) is 13.5 Å². The van der Waals surface area contributed by atoms with Gasteiger partial charge < -0.3 is 10.0 Å². The molecule has 1 aromatic heterocycles. The summed E-state index contributed by atoms with van der Waals surface area (Å²) in [5.41, 5.74) is -0.483. The number of aryl methyl sites for hydroxylation is 1. The zero-order valence-electron chi connectivity index (χ0n) is 7.18. The van der Waals surface area contributed by atoms with E-state index in [1.807, 2.05) is 6.92 Å². The van der Waals surface area contributed by atoms with Gasteiger partial charge in [-0.1, -0.05) is 0 Å². The summed E-state index contributed by atoms with van der Waals surface area (Å²) in [5.74, 6) is 0. The van der Waals surface area contributed by atoms with Gasteiger partial charge in [0, 0.05) is 12.7 Å². The standard InChI is InChI=1S/C7H10BFN2O2/c1-2-11-6(3-4-10-11)5-7(9)8(12)13/h3-5,12-13H,2H2,1H3/b7-5-. The predicted molar refractivity (Wildman–Crippen MR) is 47.2 cm³/mol. The number of hydrogen-bond acceptors (Lipinski definition) is 3. The van der Waals surface area contributed by atoms with Crippen LogP contribution in [0.5, 0.6) is 0 Å². The van der Waals surface area contributed by atoms with Gasteiger partial charge in [-0.3, -0.25) is 4.68 Å². The Labute approximate surface area is 75.5 Å². The molecule has 13 heavy (non-hydrogen) atoms. The average molecular weight is 184 g/mol. The van der Waals surface area contributed by atoms with Gasteiger partial charge in [0.15, 0.2) is 0 Å². The van der Waals surface area contributed by atoms with Gasteiger partial charge in [0.05, 0.1) is 5.69 Å². The summed E-state index contributed by atoms with van der Waals surface area (Å²) in [4.78, 5) is 0. The van der Waals surface area contributed by atoms with Crippen molar-refractivity contribution < 1.29 is 14.4 Å². The monoisotopic (exact) mass is 184 g/mol. The van der Waals surface area contributed by atoms with Gasteiger partial charge in [-0.15, -0.1) is 0 Å². The van der Waals surface area contributed by atoms with Crippen molar-refractivity contribution in [2.24, 2.45) is 0 Å². The van der Waals surface area contributed by atoms with E-state index in [4.69, 9.17) is 10.0 Å². The first kappa shape index (κ1) is 9.95. The summed E-state index contributed by atoms with van der Waals surface area (Å²) in [6.07, 6.45) is 2.56. The summed E-state index contributed by atoms with van der Waals surface area (Å²) in [6, 6.07) is 1.59. The summed E-state index contributed by atoms with van der Waals surface area (Å²) < 4.78 is 14.3. The second kappa shape index (κ2) is 4.20. The molecule has 0 radical (unpaired) electrons. The Morgan fingerprint density at radius 1 is 1.77 bits per heavy atom. The first-order valence-electron chi connectivity index (χ1n) is 3.90. The first-order valence-corrected chi connectivity index (χ1v) is 3.90. The third kappa shape index (κ3) is 2.40. The number of hydrogen-bond donors (Lipinski definition) is 2. The minimum absolute atomic E-state index is 0.508. The highest BCUT2D eigenvalue weighted by Crippen LogP contribution is 2.08. The van der Waals surface area contributed by atoms with E-state index >= 15 is 0 Å². The fraction of sp³-hybridized carbons (Fsp3) is 0.286. The first-order chi connectivity index (χ1) is 6.15. The third-order valence-corrected chi connectivity index (χ3v) is 1.58. The molecule has 0 aromatic carbocycles. The van der Waals surface area contributed by atoms with Crippen LogP contribution in [-0.2, 0) is 6.54 Å². The Morgan fingerprint density at radius 2 is 2.46 bits per heavy atom. The molecule has 70 valence electrons. The topological polar surface area (TPSA) is 58.3 Å². The normalized spacial score (nSPS) is 11.8. The van der Waals surface area contributed by atoms with Crippen molar-refractivity contribution in [1.82, 2.24) is 9.78 Å². The molecule has 0 amide bonds. The Morgan fingerprint density at radius 3 is 3.00 bits per heavy atom. The van der Waals surface area contributed by atoms with Gasteiger partial charge in [0.25, 0.3) is 0 Å². The van der Waals surface area contributed by atoms with Crippen LogP contribution in [0.15, 0.2) is 18.0 Å². The molecule has 0 aliphatic heterocycles. The van der Waals surface area contributed by atoms with Crippen LogP contribution in [-0.4, -0.2) is 26.9 Å². The molecule has 1 aromatic rings. The highest BCUT2D eigenvalue weighted by Gasteiger charge is 2.14. The van der Waals surface area contributed by atoms with E-state index in [0.717, 1.165) is 6.08 Å². The molecule has 6 heteroatoms. The van der Waals surface area contributed by atoms with Crippen LogP contribution < -0.4 is 0 Å². The van der Waals surface area contributed by atoms with Crippen molar-refractivity contribution in [2.75, 3.05) is 0 Å². The van der Waals surface area contributed by atoms with E-state index in [1.165, 1.54) is 6.20 Å². The van der Waals surface area contributed by atoms with Gasteiger partial charge >= 0.3 is 7.12 Å². The van der Waals surface area contributed by atoms with E-state index in [1.54, 1.807) is 10.7 Å². The van der Waals surface area contributed by atoms with Crippen molar-refractivity contribution in [1.29, 1.82) is 0 Å².